The fourth-order valence-corrected chi connectivity index (χ4v) is 4.77. The maximum atomic E-state index is 12.6. The van der Waals surface area contributed by atoms with E-state index in [4.69, 9.17) is 11.6 Å². The van der Waals surface area contributed by atoms with Crippen molar-refractivity contribution in [3.05, 3.63) is 29.3 Å². The van der Waals surface area contributed by atoms with E-state index in [-0.39, 0.29) is 21.7 Å². The van der Waals surface area contributed by atoms with E-state index in [0.29, 0.717) is 26.2 Å². The summed E-state index contributed by atoms with van der Waals surface area (Å²) in [5.74, 6) is 0.341. The van der Waals surface area contributed by atoms with Crippen molar-refractivity contribution in [3.63, 3.8) is 0 Å². The van der Waals surface area contributed by atoms with Crippen LogP contribution in [0.5, 0.6) is 0 Å². The quantitative estimate of drug-likeness (QED) is 0.844. The Bertz CT molecular complexity index is 665. The highest BCUT2D eigenvalue weighted by Crippen LogP contribution is 2.29. The van der Waals surface area contributed by atoms with Crippen LogP contribution >= 0.6 is 11.6 Å². The Labute approximate surface area is 135 Å². The summed E-state index contributed by atoms with van der Waals surface area (Å²) in [5, 5.41) is 0.232. The Kier molecular flexibility index (Phi) is 4.43. The standard InChI is InChI=1S/C15H19ClN2O3S/c16-13-6-1-2-7-14(13)22(20,21)18-10-8-17(9-11-18)15(19)12-4-3-5-12/h1-2,6-7,12H,3-5,8-11H2. The topological polar surface area (TPSA) is 57.7 Å². The van der Waals surface area contributed by atoms with Gasteiger partial charge in [-0.2, -0.15) is 4.31 Å². The van der Waals surface area contributed by atoms with Gasteiger partial charge in [0.25, 0.3) is 0 Å². The molecule has 1 aliphatic carbocycles. The molecule has 7 heteroatoms. The molecule has 1 aromatic rings. The van der Waals surface area contributed by atoms with E-state index in [1.165, 1.54) is 10.4 Å². The maximum Gasteiger partial charge on any atom is 0.244 e. The first-order valence-corrected chi connectivity index (χ1v) is 9.35. The number of nitrogens with zero attached hydrogens (tertiary/aromatic N) is 2. The summed E-state index contributed by atoms with van der Waals surface area (Å²) in [6, 6.07) is 6.46. The van der Waals surface area contributed by atoms with Gasteiger partial charge in [0.1, 0.15) is 4.90 Å². The minimum Gasteiger partial charge on any atom is -0.340 e. The molecule has 2 fully saturated rings. The second kappa shape index (κ2) is 6.18. The molecule has 0 spiro atoms. The first-order valence-electron chi connectivity index (χ1n) is 7.53. The van der Waals surface area contributed by atoms with E-state index in [2.05, 4.69) is 0 Å². The van der Waals surface area contributed by atoms with Crippen LogP contribution < -0.4 is 0 Å². The van der Waals surface area contributed by atoms with Crippen LogP contribution in [-0.4, -0.2) is 49.7 Å². The molecule has 3 rings (SSSR count). The number of carbonyl (C=O) groups excluding carboxylic acids is 1. The molecule has 0 unspecified atom stereocenters. The van der Waals surface area contributed by atoms with Gasteiger partial charge >= 0.3 is 0 Å². The van der Waals surface area contributed by atoms with Crippen LogP contribution in [0, 0.1) is 5.92 Å². The molecular weight excluding hydrogens is 324 g/mol. The first-order chi connectivity index (χ1) is 10.5. The number of benzene rings is 1. The zero-order valence-electron chi connectivity index (χ0n) is 12.2. The number of halogens is 1. The molecule has 1 aliphatic heterocycles. The minimum atomic E-state index is -3.59. The van der Waals surface area contributed by atoms with E-state index in [1.54, 1.807) is 23.1 Å². The summed E-state index contributed by atoms with van der Waals surface area (Å²) < 4.78 is 26.7. The van der Waals surface area contributed by atoms with Gasteiger partial charge < -0.3 is 4.90 Å². The van der Waals surface area contributed by atoms with Crippen LogP contribution in [0.3, 0.4) is 0 Å². The number of hydrogen-bond acceptors (Lipinski definition) is 3. The highest BCUT2D eigenvalue weighted by molar-refractivity contribution is 7.89. The molecule has 0 N–H and O–H groups in total. The van der Waals surface area contributed by atoms with Crippen molar-refractivity contribution in [2.24, 2.45) is 5.92 Å². The monoisotopic (exact) mass is 342 g/mol. The Morgan fingerprint density at radius 3 is 2.27 bits per heavy atom. The van der Waals surface area contributed by atoms with Gasteiger partial charge in [-0.25, -0.2) is 8.42 Å². The van der Waals surface area contributed by atoms with Crippen molar-refractivity contribution in [1.29, 1.82) is 0 Å². The Hall–Kier alpha value is -1.11. The smallest absolute Gasteiger partial charge is 0.244 e. The Balaban J connectivity index is 1.68. The van der Waals surface area contributed by atoms with Gasteiger partial charge in [-0.15, -0.1) is 0 Å². The van der Waals surface area contributed by atoms with Crippen molar-refractivity contribution in [2.75, 3.05) is 26.2 Å². The number of sulfonamides is 1. The molecule has 22 heavy (non-hydrogen) atoms. The largest absolute Gasteiger partial charge is 0.340 e. The SMILES string of the molecule is O=C(C1CCC1)N1CCN(S(=O)(=O)c2ccccc2Cl)CC1. The molecule has 5 nitrogen and oxygen atoms in total. The molecule has 0 radical (unpaired) electrons. The molecule has 1 saturated heterocycles. The number of rotatable bonds is 3. The van der Waals surface area contributed by atoms with Gasteiger partial charge in [0, 0.05) is 32.1 Å². The number of piperazine rings is 1. The fraction of sp³-hybridized carbons (Fsp3) is 0.533. The highest BCUT2D eigenvalue weighted by atomic mass is 35.5. The number of carbonyl (C=O) groups is 1. The fourth-order valence-electron chi connectivity index (χ4n) is 2.86. The van der Waals surface area contributed by atoms with Crippen LogP contribution in [0.1, 0.15) is 19.3 Å². The van der Waals surface area contributed by atoms with Gasteiger partial charge in [-0.3, -0.25) is 4.79 Å². The third-order valence-corrected chi connectivity index (χ3v) is 6.86. The average Bonchev–Trinajstić information content (AvgIpc) is 2.46. The van der Waals surface area contributed by atoms with Gasteiger partial charge in [-0.05, 0) is 25.0 Å². The average molecular weight is 343 g/mol. The summed E-state index contributed by atoms with van der Waals surface area (Å²) in [6.45, 7) is 1.57. The molecule has 1 amide bonds. The molecule has 2 aliphatic rings. The van der Waals surface area contributed by atoms with E-state index in [0.717, 1.165) is 19.3 Å². The molecular formula is C15H19ClN2O3S. The van der Waals surface area contributed by atoms with Crippen LogP contribution in [0.4, 0.5) is 0 Å². The second-order valence-electron chi connectivity index (χ2n) is 5.79. The van der Waals surface area contributed by atoms with Crippen molar-refractivity contribution in [2.45, 2.75) is 24.2 Å². The van der Waals surface area contributed by atoms with Crippen LogP contribution in [0.25, 0.3) is 0 Å². The molecule has 0 bridgehead atoms. The molecule has 1 heterocycles. The summed E-state index contributed by atoms with van der Waals surface area (Å²) in [6.07, 6.45) is 3.06. The van der Waals surface area contributed by atoms with Gasteiger partial charge in [0.2, 0.25) is 15.9 Å². The van der Waals surface area contributed by atoms with Crippen LogP contribution in [0.2, 0.25) is 5.02 Å². The van der Waals surface area contributed by atoms with E-state index < -0.39 is 10.0 Å². The lowest BCUT2D eigenvalue weighted by atomic mass is 9.84. The van der Waals surface area contributed by atoms with Gasteiger partial charge in [0.15, 0.2) is 0 Å². The Morgan fingerprint density at radius 1 is 1.09 bits per heavy atom. The van der Waals surface area contributed by atoms with Gasteiger partial charge in [-0.1, -0.05) is 30.2 Å². The molecule has 0 atom stereocenters. The summed E-state index contributed by atoms with van der Waals surface area (Å²) in [5.41, 5.74) is 0. The van der Waals surface area contributed by atoms with Crippen LogP contribution in [-0.2, 0) is 14.8 Å². The zero-order chi connectivity index (χ0) is 15.7. The maximum absolute atomic E-state index is 12.6. The number of hydrogen-bond donors (Lipinski definition) is 0. The first kappa shape index (κ1) is 15.8. The highest BCUT2D eigenvalue weighted by Gasteiger charge is 2.34. The lowest BCUT2D eigenvalue weighted by molar-refractivity contribution is -0.139. The Morgan fingerprint density at radius 2 is 1.73 bits per heavy atom. The predicted octanol–water partition coefficient (Wildman–Crippen LogP) is 1.97. The molecule has 1 aromatic carbocycles. The molecule has 120 valence electrons. The van der Waals surface area contributed by atoms with Crippen molar-refractivity contribution in [1.82, 2.24) is 9.21 Å². The summed E-state index contributed by atoms with van der Waals surface area (Å²) >= 11 is 6.00. The van der Waals surface area contributed by atoms with Crippen LogP contribution in [0.15, 0.2) is 29.2 Å². The summed E-state index contributed by atoms with van der Waals surface area (Å²) in [4.78, 5) is 14.1. The van der Waals surface area contributed by atoms with Crippen molar-refractivity contribution in [3.8, 4) is 0 Å². The van der Waals surface area contributed by atoms with E-state index in [9.17, 15) is 13.2 Å². The zero-order valence-corrected chi connectivity index (χ0v) is 13.8. The number of amides is 1. The second-order valence-corrected chi connectivity index (χ2v) is 8.10. The minimum absolute atomic E-state index is 0.135. The lowest BCUT2D eigenvalue weighted by Gasteiger charge is -2.37. The normalized spacial score (nSPS) is 20.7. The third-order valence-electron chi connectivity index (χ3n) is 4.46. The van der Waals surface area contributed by atoms with Gasteiger partial charge in [0.05, 0.1) is 5.02 Å². The molecule has 1 saturated carbocycles. The molecule has 0 aromatic heterocycles. The predicted molar refractivity (Wildman–Crippen MR) is 84.1 cm³/mol. The summed E-state index contributed by atoms with van der Waals surface area (Å²) in [7, 11) is -3.59. The van der Waals surface area contributed by atoms with E-state index in [1.807, 2.05) is 0 Å². The lowest BCUT2D eigenvalue weighted by Crippen LogP contribution is -2.52. The van der Waals surface area contributed by atoms with Crippen molar-refractivity contribution < 1.29 is 13.2 Å². The third kappa shape index (κ3) is 2.87. The van der Waals surface area contributed by atoms with E-state index >= 15 is 0 Å². The van der Waals surface area contributed by atoms with Crippen molar-refractivity contribution >= 4 is 27.5 Å².